The van der Waals surface area contributed by atoms with Crippen molar-refractivity contribution in [1.82, 2.24) is 0 Å². The van der Waals surface area contributed by atoms with E-state index in [-0.39, 0.29) is 29.3 Å². The molecule has 0 spiro atoms. The van der Waals surface area contributed by atoms with Crippen molar-refractivity contribution in [2.45, 2.75) is 32.9 Å². The lowest BCUT2D eigenvalue weighted by molar-refractivity contribution is -0.384. The number of piperidine rings is 1. The van der Waals surface area contributed by atoms with E-state index in [0.717, 1.165) is 12.1 Å². The normalized spacial score (nSPS) is 14.7. The number of hydrogen-bond acceptors (Lipinski definition) is 5. The van der Waals surface area contributed by atoms with Crippen molar-refractivity contribution in [3.8, 4) is 0 Å². The van der Waals surface area contributed by atoms with Crippen molar-refractivity contribution in [3.05, 3.63) is 58.1 Å². The van der Waals surface area contributed by atoms with Gasteiger partial charge in [0.15, 0.2) is 0 Å². The number of amides is 2. The predicted molar refractivity (Wildman–Crippen MR) is 122 cm³/mol. The van der Waals surface area contributed by atoms with Gasteiger partial charge in [0.2, 0.25) is 11.8 Å². The van der Waals surface area contributed by atoms with Crippen LogP contribution in [0.4, 0.5) is 35.9 Å². The van der Waals surface area contributed by atoms with Gasteiger partial charge in [0, 0.05) is 42.4 Å². The molecule has 3 rings (SSSR count). The Morgan fingerprint density at radius 3 is 2.09 bits per heavy atom. The molecule has 1 saturated heterocycles. The zero-order chi connectivity index (χ0) is 25.0. The first-order valence-electron chi connectivity index (χ1n) is 10.8. The Hall–Kier alpha value is -3.63. The molecule has 0 saturated carbocycles. The second-order valence-electron chi connectivity index (χ2n) is 8.43. The number of nitrogens with one attached hydrogen (secondary N) is 2. The molecule has 11 heteroatoms. The number of nitrogens with zero attached hydrogens (tertiary/aromatic N) is 2. The second kappa shape index (κ2) is 10.1. The maximum atomic E-state index is 12.9. The third-order valence-corrected chi connectivity index (χ3v) is 5.65. The fourth-order valence-corrected chi connectivity index (χ4v) is 3.66. The van der Waals surface area contributed by atoms with Gasteiger partial charge in [0.1, 0.15) is 5.69 Å². The molecule has 8 nitrogen and oxygen atoms in total. The van der Waals surface area contributed by atoms with E-state index in [1.54, 1.807) is 43.0 Å². The van der Waals surface area contributed by atoms with Crippen LogP contribution >= 0.6 is 0 Å². The largest absolute Gasteiger partial charge is 0.416 e. The number of halogens is 3. The van der Waals surface area contributed by atoms with Crippen LogP contribution in [0.1, 0.15) is 32.3 Å². The number of nitro benzene ring substituents is 1. The van der Waals surface area contributed by atoms with Crippen LogP contribution in [0.2, 0.25) is 0 Å². The van der Waals surface area contributed by atoms with E-state index >= 15 is 0 Å². The van der Waals surface area contributed by atoms with Gasteiger partial charge in [-0.25, -0.2) is 0 Å². The third-order valence-electron chi connectivity index (χ3n) is 5.65. The number of rotatable bonds is 6. The van der Waals surface area contributed by atoms with Crippen LogP contribution < -0.4 is 15.5 Å². The first-order chi connectivity index (χ1) is 16.0. The number of anilines is 3. The molecule has 1 heterocycles. The fraction of sp³-hybridized carbons (Fsp3) is 0.391. The van der Waals surface area contributed by atoms with Gasteiger partial charge in [-0.1, -0.05) is 13.8 Å². The van der Waals surface area contributed by atoms with Gasteiger partial charge in [-0.15, -0.1) is 0 Å². The van der Waals surface area contributed by atoms with E-state index in [4.69, 9.17) is 0 Å². The summed E-state index contributed by atoms with van der Waals surface area (Å²) in [5.74, 6) is -0.823. The third kappa shape index (κ3) is 6.03. The highest BCUT2D eigenvalue weighted by molar-refractivity contribution is 5.94. The van der Waals surface area contributed by atoms with Crippen LogP contribution in [0.5, 0.6) is 0 Å². The van der Waals surface area contributed by atoms with E-state index in [0.29, 0.717) is 43.4 Å². The first kappa shape index (κ1) is 25.0. The molecule has 0 radical (unpaired) electrons. The van der Waals surface area contributed by atoms with Crippen molar-refractivity contribution in [1.29, 1.82) is 0 Å². The topological polar surface area (TPSA) is 105 Å². The number of alkyl halides is 3. The summed E-state index contributed by atoms with van der Waals surface area (Å²) in [4.78, 5) is 36.6. The SMILES string of the molecule is CC(C)C(=O)Nc1ccc(NC(=O)C2CCN(c3ccc(C(F)(F)F)cc3[N+](=O)[O-])CC2)cc1. The second-order valence-corrected chi connectivity index (χ2v) is 8.43. The van der Waals surface area contributed by atoms with E-state index in [9.17, 15) is 32.9 Å². The summed E-state index contributed by atoms with van der Waals surface area (Å²) in [5, 5.41) is 16.9. The lowest BCUT2D eigenvalue weighted by Gasteiger charge is -2.32. The summed E-state index contributed by atoms with van der Waals surface area (Å²) in [6.45, 7) is 4.16. The highest BCUT2D eigenvalue weighted by Crippen LogP contribution is 2.37. The quantitative estimate of drug-likeness (QED) is 0.446. The van der Waals surface area contributed by atoms with Gasteiger partial charge in [0.05, 0.1) is 10.5 Å². The minimum atomic E-state index is -4.67. The average Bonchev–Trinajstić information content (AvgIpc) is 2.79. The van der Waals surface area contributed by atoms with Crippen LogP contribution in [0.15, 0.2) is 42.5 Å². The predicted octanol–water partition coefficient (Wildman–Crippen LogP) is 5.06. The molecule has 2 aromatic rings. The molecule has 2 N–H and O–H groups in total. The summed E-state index contributed by atoms with van der Waals surface area (Å²) >= 11 is 0. The number of carbonyl (C=O) groups excluding carboxylic acids is 2. The fourth-order valence-electron chi connectivity index (χ4n) is 3.66. The van der Waals surface area contributed by atoms with E-state index < -0.39 is 22.4 Å². The summed E-state index contributed by atoms with van der Waals surface area (Å²) in [6, 6.07) is 9.20. The highest BCUT2D eigenvalue weighted by atomic mass is 19.4. The molecule has 0 unspecified atom stereocenters. The molecule has 2 amide bonds. The van der Waals surface area contributed by atoms with E-state index in [1.807, 2.05) is 0 Å². The van der Waals surface area contributed by atoms with Gasteiger partial charge in [-0.05, 0) is 49.2 Å². The van der Waals surface area contributed by atoms with Crippen LogP contribution in [-0.4, -0.2) is 29.8 Å². The summed E-state index contributed by atoms with van der Waals surface area (Å²) < 4.78 is 38.8. The average molecular weight is 478 g/mol. The molecule has 2 aromatic carbocycles. The molecular weight excluding hydrogens is 453 g/mol. The van der Waals surface area contributed by atoms with Crippen LogP contribution in [0.3, 0.4) is 0 Å². The lowest BCUT2D eigenvalue weighted by Crippen LogP contribution is -2.38. The number of nitro groups is 1. The number of carbonyl (C=O) groups is 2. The van der Waals surface area contributed by atoms with Gasteiger partial charge in [0.25, 0.3) is 5.69 Å². The molecule has 1 fully saturated rings. The molecule has 182 valence electrons. The highest BCUT2D eigenvalue weighted by Gasteiger charge is 2.35. The Bertz CT molecular complexity index is 1060. The van der Waals surface area contributed by atoms with Gasteiger partial charge < -0.3 is 15.5 Å². The Kier molecular flexibility index (Phi) is 7.43. The van der Waals surface area contributed by atoms with Crippen molar-refractivity contribution >= 4 is 34.6 Å². The van der Waals surface area contributed by atoms with Crippen LogP contribution in [-0.2, 0) is 15.8 Å². The molecule has 0 bridgehead atoms. The summed E-state index contributed by atoms with van der Waals surface area (Å²) in [5.41, 5.74) is -0.401. The standard InChI is InChI=1S/C23H25F3N4O4/c1-14(2)21(31)27-17-4-6-18(7-5-17)28-22(32)15-9-11-29(12-10-15)19-8-3-16(23(24,25)26)13-20(19)30(33)34/h3-8,13-15H,9-12H2,1-2H3,(H,27,31)(H,28,32). The summed E-state index contributed by atoms with van der Waals surface area (Å²) in [7, 11) is 0. The molecule has 1 aliphatic rings. The van der Waals surface area contributed by atoms with Gasteiger partial charge in [-0.2, -0.15) is 13.2 Å². The van der Waals surface area contributed by atoms with Gasteiger partial charge >= 0.3 is 6.18 Å². The van der Waals surface area contributed by atoms with Crippen molar-refractivity contribution in [2.24, 2.45) is 11.8 Å². The van der Waals surface area contributed by atoms with Crippen molar-refractivity contribution in [3.63, 3.8) is 0 Å². The number of hydrogen-bond donors (Lipinski definition) is 2. The molecule has 0 aromatic heterocycles. The van der Waals surface area contributed by atoms with Crippen LogP contribution in [0, 0.1) is 22.0 Å². The zero-order valence-electron chi connectivity index (χ0n) is 18.7. The molecule has 34 heavy (non-hydrogen) atoms. The van der Waals surface area contributed by atoms with Gasteiger partial charge in [-0.3, -0.25) is 19.7 Å². The van der Waals surface area contributed by atoms with Crippen LogP contribution in [0.25, 0.3) is 0 Å². The molecule has 0 atom stereocenters. The Balaban J connectivity index is 1.60. The summed E-state index contributed by atoms with van der Waals surface area (Å²) in [6.07, 6.45) is -3.88. The lowest BCUT2D eigenvalue weighted by atomic mass is 9.95. The van der Waals surface area contributed by atoms with Crippen molar-refractivity contribution in [2.75, 3.05) is 28.6 Å². The van der Waals surface area contributed by atoms with Crippen molar-refractivity contribution < 1.29 is 27.7 Å². The smallest absolute Gasteiger partial charge is 0.366 e. The Morgan fingerprint density at radius 2 is 1.59 bits per heavy atom. The first-order valence-corrected chi connectivity index (χ1v) is 10.8. The minimum Gasteiger partial charge on any atom is -0.366 e. The Labute approximate surface area is 194 Å². The van der Waals surface area contributed by atoms with E-state index in [1.165, 1.54) is 0 Å². The Morgan fingerprint density at radius 1 is 1.03 bits per heavy atom. The molecule has 0 aliphatic carbocycles. The maximum absolute atomic E-state index is 12.9. The van der Waals surface area contributed by atoms with E-state index in [2.05, 4.69) is 10.6 Å². The molecular formula is C23H25F3N4O4. The molecule has 1 aliphatic heterocycles. The zero-order valence-corrected chi connectivity index (χ0v) is 18.7. The maximum Gasteiger partial charge on any atom is 0.416 e. The minimum absolute atomic E-state index is 0.107. The monoisotopic (exact) mass is 478 g/mol. The number of benzene rings is 2.